The van der Waals surface area contributed by atoms with Crippen LogP contribution in [0.2, 0.25) is 0 Å². The third-order valence-corrected chi connectivity index (χ3v) is 3.16. The predicted octanol–water partition coefficient (Wildman–Crippen LogP) is 3.81. The van der Waals surface area contributed by atoms with Crippen molar-refractivity contribution < 1.29 is 4.74 Å². The van der Waals surface area contributed by atoms with Gasteiger partial charge in [0.25, 0.3) is 0 Å². The van der Waals surface area contributed by atoms with E-state index in [1.807, 2.05) is 18.2 Å². The first kappa shape index (κ1) is 15.4. The van der Waals surface area contributed by atoms with E-state index in [2.05, 4.69) is 48.2 Å². The van der Waals surface area contributed by atoms with Crippen molar-refractivity contribution in [3.63, 3.8) is 0 Å². The Morgan fingerprint density at radius 3 is 2.52 bits per heavy atom. The molecule has 21 heavy (non-hydrogen) atoms. The number of hydrogen-bond acceptors (Lipinski definition) is 4. The molecule has 0 bridgehead atoms. The van der Waals surface area contributed by atoms with Gasteiger partial charge in [0, 0.05) is 24.3 Å². The second-order valence-electron chi connectivity index (χ2n) is 4.91. The summed E-state index contributed by atoms with van der Waals surface area (Å²) in [5.74, 6) is 1.62. The summed E-state index contributed by atoms with van der Waals surface area (Å²) in [7, 11) is 0. The topological polar surface area (TPSA) is 47.0 Å². The fourth-order valence-corrected chi connectivity index (χ4v) is 2.15. The fraction of sp³-hybridized carbons (Fsp3) is 0.412. The van der Waals surface area contributed by atoms with Gasteiger partial charge in [-0.05, 0) is 20.3 Å². The van der Waals surface area contributed by atoms with Crippen LogP contribution in [0.5, 0.6) is 0 Å². The molecule has 0 fully saturated rings. The number of anilines is 1. The maximum Gasteiger partial charge on any atom is 0.157 e. The highest BCUT2D eigenvalue weighted by atomic mass is 16.5. The Labute approximate surface area is 126 Å². The quantitative estimate of drug-likeness (QED) is 0.786. The Kier molecular flexibility index (Phi) is 5.69. The van der Waals surface area contributed by atoms with E-state index in [4.69, 9.17) is 4.74 Å². The predicted molar refractivity (Wildman–Crippen MR) is 86.3 cm³/mol. The second kappa shape index (κ2) is 7.74. The number of hydrogen-bond donors (Lipinski definition) is 1. The molecule has 2 aromatic rings. The molecule has 0 aliphatic heterocycles. The number of ether oxygens (including phenoxy) is 1. The fourth-order valence-electron chi connectivity index (χ4n) is 2.15. The maximum absolute atomic E-state index is 5.58. The van der Waals surface area contributed by atoms with Gasteiger partial charge in [-0.15, -0.1) is 0 Å². The lowest BCUT2D eigenvalue weighted by molar-refractivity contribution is 0.116. The summed E-state index contributed by atoms with van der Waals surface area (Å²) in [6, 6.07) is 10.2. The van der Waals surface area contributed by atoms with Crippen LogP contribution >= 0.6 is 0 Å². The Hall–Kier alpha value is -1.94. The Bertz CT molecular complexity index is 570. The van der Waals surface area contributed by atoms with E-state index in [-0.39, 0.29) is 0 Å². The van der Waals surface area contributed by atoms with Crippen molar-refractivity contribution >= 4 is 5.82 Å². The lowest BCUT2D eigenvalue weighted by Crippen LogP contribution is -2.09. The van der Waals surface area contributed by atoms with Crippen LogP contribution in [0.1, 0.15) is 31.7 Å². The van der Waals surface area contributed by atoms with Crippen LogP contribution in [-0.4, -0.2) is 23.1 Å². The molecule has 0 radical (unpaired) electrons. The Balaban J connectivity index is 2.37. The molecule has 1 aromatic heterocycles. The number of aromatic nitrogens is 2. The van der Waals surface area contributed by atoms with E-state index in [0.717, 1.165) is 48.0 Å². The van der Waals surface area contributed by atoms with Crippen molar-refractivity contribution in [1.82, 2.24) is 9.97 Å². The molecule has 1 N–H and O–H groups in total. The van der Waals surface area contributed by atoms with E-state index in [9.17, 15) is 0 Å². The summed E-state index contributed by atoms with van der Waals surface area (Å²) >= 11 is 0. The van der Waals surface area contributed by atoms with Crippen molar-refractivity contribution in [2.75, 3.05) is 18.5 Å². The molecule has 1 aromatic carbocycles. The normalized spacial score (nSPS) is 10.6. The first-order chi connectivity index (χ1) is 10.3. The van der Waals surface area contributed by atoms with E-state index in [1.54, 1.807) is 0 Å². The summed E-state index contributed by atoms with van der Waals surface area (Å²) in [6.07, 6.45) is 0.997. The van der Waals surface area contributed by atoms with Gasteiger partial charge >= 0.3 is 0 Å². The smallest absolute Gasteiger partial charge is 0.157 e. The van der Waals surface area contributed by atoms with Gasteiger partial charge in [0.15, 0.2) is 5.82 Å². The minimum Gasteiger partial charge on any atom is -0.373 e. The van der Waals surface area contributed by atoms with Crippen molar-refractivity contribution in [1.29, 1.82) is 0 Å². The van der Waals surface area contributed by atoms with Gasteiger partial charge in [0.05, 0.1) is 5.69 Å². The first-order valence-corrected chi connectivity index (χ1v) is 7.50. The third-order valence-electron chi connectivity index (χ3n) is 3.16. The summed E-state index contributed by atoms with van der Waals surface area (Å²) in [5, 5.41) is 3.31. The molecular formula is C17H23N3O. The molecule has 0 amide bonds. The molecular weight excluding hydrogens is 262 g/mol. The summed E-state index contributed by atoms with van der Waals surface area (Å²) in [4.78, 5) is 9.25. The van der Waals surface area contributed by atoms with Crippen LogP contribution in [0.15, 0.2) is 30.3 Å². The number of nitrogens with one attached hydrogen (secondary N) is 1. The molecule has 4 heteroatoms. The molecule has 2 rings (SSSR count). The maximum atomic E-state index is 5.58. The van der Waals surface area contributed by atoms with Gasteiger partial charge in [-0.2, -0.15) is 0 Å². The minimum atomic E-state index is 0.451. The molecule has 0 atom stereocenters. The Morgan fingerprint density at radius 2 is 1.86 bits per heavy atom. The first-order valence-electron chi connectivity index (χ1n) is 7.50. The molecule has 0 aliphatic rings. The van der Waals surface area contributed by atoms with Crippen molar-refractivity contribution in [2.24, 2.45) is 0 Å². The van der Waals surface area contributed by atoms with Gasteiger partial charge in [-0.25, -0.2) is 9.97 Å². The summed E-state index contributed by atoms with van der Waals surface area (Å²) < 4.78 is 5.58. The molecule has 0 saturated heterocycles. The number of rotatable bonds is 7. The Morgan fingerprint density at radius 1 is 1.10 bits per heavy atom. The van der Waals surface area contributed by atoms with Gasteiger partial charge < -0.3 is 10.1 Å². The standard InChI is InChI=1S/C17H23N3O/c1-4-11-21-12-15-19-16(14-9-7-6-8-10-14)13(3)17(20-15)18-5-2/h6-10H,4-5,11-12H2,1-3H3,(H,18,19,20). The van der Waals surface area contributed by atoms with Crippen LogP contribution in [-0.2, 0) is 11.3 Å². The van der Waals surface area contributed by atoms with Gasteiger partial charge in [-0.3, -0.25) is 0 Å². The average molecular weight is 285 g/mol. The zero-order valence-electron chi connectivity index (χ0n) is 13.0. The van der Waals surface area contributed by atoms with Crippen molar-refractivity contribution in [3.8, 4) is 11.3 Å². The molecule has 0 aliphatic carbocycles. The highest BCUT2D eigenvalue weighted by molar-refractivity contribution is 5.68. The highest BCUT2D eigenvalue weighted by Crippen LogP contribution is 2.25. The van der Waals surface area contributed by atoms with E-state index < -0.39 is 0 Å². The molecule has 1 heterocycles. The van der Waals surface area contributed by atoms with E-state index in [0.29, 0.717) is 6.61 Å². The van der Waals surface area contributed by atoms with Crippen LogP contribution in [0.25, 0.3) is 11.3 Å². The SMILES string of the molecule is CCCOCc1nc(NCC)c(C)c(-c2ccccc2)n1. The highest BCUT2D eigenvalue weighted by Gasteiger charge is 2.12. The van der Waals surface area contributed by atoms with Gasteiger partial charge in [-0.1, -0.05) is 37.3 Å². The zero-order valence-corrected chi connectivity index (χ0v) is 13.0. The lowest BCUT2D eigenvalue weighted by atomic mass is 10.1. The van der Waals surface area contributed by atoms with Crippen LogP contribution in [0.4, 0.5) is 5.82 Å². The molecule has 0 saturated carbocycles. The third kappa shape index (κ3) is 4.02. The van der Waals surface area contributed by atoms with Crippen LogP contribution in [0.3, 0.4) is 0 Å². The molecule has 112 valence electrons. The average Bonchev–Trinajstić information content (AvgIpc) is 2.51. The van der Waals surface area contributed by atoms with Crippen LogP contribution in [0, 0.1) is 6.92 Å². The minimum absolute atomic E-state index is 0.451. The van der Waals surface area contributed by atoms with Crippen LogP contribution < -0.4 is 5.32 Å². The molecule has 0 unspecified atom stereocenters. The zero-order chi connectivity index (χ0) is 15.1. The van der Waals surface area contributed by atoms with Gasteiger partial charge in [0.2, 0.25) is 0 Å². The lowest BCUT2D eigenvalue weighted by Gasteiger charge is -2.13. The second-order valence-corrected chi connectivity index (χ2v) is 4.91. The van der Waals surface area contributed by atoms with Crippen molar-refractivity contribution in [2.45, 2.75) is 33.8 Å². The molecule has 4 nitrogen and oxygen atoms in total. The number of benzene rings is 1. The van der Waals surface area contributed by atoms with Crippen molar-refractivity contribution in [3.05, 3.63) is 41.7 Å². The largest absolute Gasteiger partial charge is 0.373 e. The summed E-state index contributed by atoms with van der Waals surface area (Å²) in [6.45, 7) is 8.23. The molecule has 0 spiro atoms. The van der Waals surface area contributed by atoms with Gasteiger partial charge in [0.1, 0.15) is 12.4 Å². The van der Waals surface area contributed by atoms with E-state index in [1.165, 1.54) is 0 Å². The number of nitrogens with zero attached hydrogens (tertiary/aromatic N) is 2. The van der Waals surface area contributed by atoms with E-state index >= 15 is 0 Å². The summed E-state index contributed by atoms with van der Waals surface area (Å²) in [5.41, 5.74) is 3.15. The monoisotopic (exact) mass is 285 g/mol.